The zero-order valence-corrected chi connectivity index (χ0v) is 15.4. The van der Waals surface area contributed by atoms with Crippen molar-refractivity contribution >= 4 is 24.6 Å². The van der Waals surface area contributed by atoms with Crippen LogP contribution in [0.5, 0.6) is 0 Å². The monoisotopic (exact) mass is 370 g/mol. The Morgan fingerprint density at radius 3 is 2.27 bits per heavy atom. The van der Waals surface area contributed by atoms with Gasteiger partial charge in [0.1, 0.15) is 0 Å². The summed E-state index contributed by atoms with van der Waals surface area (Å²) in [5, 5.41) is 0. The van der Waals surface area contributed by atoms with Gasteiger partial charge < -0.3 is 14.0 Å². The molecule has 142 valence electrons. The third-order valence-electron chi connectivity index (χ3n) is 4.61. The first kappa shape index (κ1) is 20.5. The van der Waals surface area contributed by atoms with Crippen LogP contribution < -0.4 is 5.46 Å². The zero-order valence-electron chi connectivity index (χ0n) is 15.4. The second-order valence-electron chi connectivity index (χ2n) is 7.02. The molecule has 1 heterocycles. The molecule has 0 N–H and O–H groups in total. The molecule has 0 aliphatic carbocycles. The molecule has 4 nitrogen and oxygen atoms in total. The second-order valence-corrected chi connectivity index (χ2v) is 7.02. The van der Waals surface area contributed by atoms with Gasteiger partial charge in [-0.25, -0.2) is 4.79 Å². The minimum Gasteiger partial charge on any atom is -0.463 e. The molecule has 0 saturated carbocycles. The average Bonchev–Trinajstić information content (AvgIpc) is 2.72. The highest BCUT2D eigenvalue weighted by Crippen LogP contribution is 2.37. The molecule has 0 spiro atoms. The normalized spacial score (nSPS) is 19.2. The molecule has 1 aliphatic rings. The highest BCUT2D eigenvalue weighted by Gasteiger charge is 2.52. The van der Waals surface area contributed by atoms with Crippen LogP contribution in [-0.4, -0.2) is 30.9 Å². The standard InChI is InChI=1S/C18H22BF3O4/c1-6-24-15(23)10-7-12-11-13(18(20,21)22)8-9-14(12)19-25-16(2,3)17(4,5)26-19/h7-11H,6H2,1-5H3/b10-7+. The molecule has 1 aliphatic heterocycles. The van der Waals surface area contributed by atoms with E-state index < -0.39 is 36.0 Å². The van der Waals surface area contributed by atoms with Gasteiger partial charge in [-0.3, -0.25) is 0 Å². The van der Waals surface area contributed by atoms with E-state index in [1.54, 1.807) is 6.92 Å². The van der Waals surface area contributed by atoms with E-state index in [1.165, 1.54) is 12.1 Å². The van der Waals surface area contributed by atoms with E-state index in [9.17, 15) is 18.0 Å². The molecule has 26 heavy (non-hydrogen) atoms. The summed E-state index contributed by atoms with van der Waals surface area (Å²) >= 11 is 0. The van der Waals surface area contributed by atoms with E-state index in [1.807, 2.05) is 27.7 Å². The SMILES string of the molecule is CCOC(=O)/C=C/c1cc(C(F)(F)F)ccc1B1OC(C)(C)C(C)(C)O1. The Morgan fingerprint density at radius 1 is 1.19 bits per heavy atom. The van der Waals surface area contributed by atoms with Crippen molar-refractivity contribution in [3.63, 3.8) is 0 Å². The van der Waals surface area contributed by atoms with Crippen LogP contribution in [0.25, 0.3) is 6.08 Å². The molecule has 0 aromatic heterocycles. The molecule has 1 aromatic rings. The summed E-state index contributed by atoms with van der Waals surface area (Å²) in [7, 11) is -0.843. The number of carbonyl (C=O) groups excluding carboxylic acids is 1. The number of rotatable bonds is 4. The number of alkyl halides is 3. The van der Waals surface area contributed by atoms with Crippen molar-refractivity contribution in [2.45, 2.75) is 52.0 Å². The van der Waals surface area contributed by atoms with E-state index in [0.29, 0.717) is 5.46 Å². The van der Waals surface area contributed by atoms with Gasteiger partial charge in [-0.1, -0.05) is 12.1 Å². The molecule has 0 atom stereocenters. The molecular weight excluding hydrogens is 348 g/mol. The molecule has 1 aromatic carbocycles. The predicted molar refractivity (Wildman–Crippen MR) is 92.8 cm³/mol. The Balaban J connectivity index is 2.44. The minimum absolute atomic E-state index is 0.176. The summed E-state index contributed by atoms with van der Waals surface area (Å²) in [5.41, 5.74) is -1.49. The van der Waals surface area contributed by atoms with Gasteiger partial charge in [0.25, 0.3) is 0 Å². The van der Waals surface area contributed by atoms with Crippen LogP contribution in [0.4, 0.5) is 13.2 Å². The minimum atomic E-state index is -4.50. The lowest BCUT2D eigenvalue weighted by atomic mass is 9.75. The van der Waals surface area contributed by atoms with Crippen molar-refractivity contribution in [3.05, 3.63) is 35.4 Å². The van der Waals surface area contributed by atoms with Crippen molar-refractivity contribution in [3.8, 4) is 0 Å². The summed E-state index contributed by atoms with van der Waals surface area (Å²) in [6.07, 6.45) is -2.12. The topological polar surface area (TPSA) is 44.8 Å². The Morgan fingerprint density at radius 2 is 1.77 bits per heavy atom. The first-order chi connectivity index (χ1) is 11.9. The lowest BCUT2D eigenvalue weighted by Gasteiger charge is -2.32. The van der Waals surface area contributed by atoms with Gasteiger partial charge in [-0.15, -0.1) is 0 Å². The number of carbonyl (C=O) groups is 1. The van der Waals surface area contributed by atoms with Gasteiger partial charge in [0, 0.05) is 6.08 Å². The fourth-order valence-corrected chi connectivity index (χ4v) is 2.43. The molecule has 0 unspecified atom stereocenters. The van der Waals surface area contributed by atoms with Crippen LogP contribution in [-0.2, 0) is 25.0 Å². The summed E-state index contributed by atoms with van der Waals surface area (Å²) in [6.45, 7) is 9.23. The van der Waals surface area contributed by atoms with Gasteiger partial charge in [0.05, 0.1) is 23.4 Å². The number of hydrogen-bond acceptors (Lipinski definition) is 4. The first-order valence-electron chi connectivity index (χ1n) is 8.29. The van der Waals surface area contributed by atoms with E-state index in [2.05, 4.69) is 0 Å². The van der Waals surface area contributed by atoms with Gasteiger partial charge >= 0.3 is 19.3 Å². The molecule has 0 amide bonds. The third-order valence-corrected chi connectivity index (χ3v) is 4.61. The average molecular weight is 370 g/mol. The van der Waals surface area contributed by atoms with Crippen molar-refractivity contribution in [2.24, 2.45) is 0 Å². The van der Waals surface area contributed by atoms with Crippen LogP contribution in [0.1, 0.15) is 45.7 Å². The van der Waals surface area contributed by atoms with E-state index in [0.717, 1.165) is 18.2 Å². The lowest BCUT2D eigenvalue weighted by molar-refractivity contribution is -0.138. The lowest BCUT2D eigenvalue weighted by Crippen LogP contribution is -2.41. The highest BCUT2D eigenvalue weighted by atomic mass is 19.4. The summed E-state index contributed by atoms with van der Waals surface area (Å²) in [5.74, 6) is -0.634. The molecule has 2 rings (SSSR count). The van der Waals surface area contributed by atoms with Crippen molar-refractivity contribution in [1.82, 2.24) is 0 Å². The fraction of sp³-hybridized carbons (Fsp3) is 0.500. The number of halogens is 3. The maximum atomic E-state index is 13.1. The van der Waals surface area contributed by atoms with Crippen LogP contribution >= 0.6 is 0 Å². The third kappa shape index (κ3) is 4.30. The summed E-state index contributed by atoms with van der Waals surface area (Å²) in [4.78, 5) is 11.5. The van der Waals surface area contributed by atoms with Crippen LogP contribution in [0, 0.1) is 0 Å². The number of esters is 1. The predicted octanol–water partition coefficient (Wildman–Crippen LogP) is 3.58. The Labute approximate surface area is 151 Å². The Kier molecular flexibility index (Phi) is 5.59. The number of ether oxygens (including phenoxy) is 1. The smallest absolute Gasteiger partial charge is 0.463 e. The second kappa shape index (κ2) is 7.08. The largest absolute Gasteiger partial charge is 0.495 e. The number of benzene rings is 1. The fourth-order valence-electron chi connectivity index (χ4n) is 2.43. The van der Waals surface area contributed by atoms with E-state index >= 15 is 0 Å². The van der Waals surface area contributed by atoms with Gasteiger partial charge in [-0.2, -0.15) is 13.2 Å². The van der Waals surface area contributed by atoms with Crippen molar-refractivity contribution in [1.29, 1.82) is 0 Å². The summed E-state index contributed by atoms with van der Waals surface area (Å²) in [6, 6.07) is 3.26. The number of hydrogen-bond donors (Lipinski definition) is 0. The molecule has 8 heteroatoms. The highest BCUT2D eigenvalue weighted by molar-refractivity contribution is 6.63. The molecular formula is C18H22BF3O4. The van der Waals surface area contributed by atoms with Gasteiger partial charge in [0.2, 0.25) is 0 Å². The van der Waals surface area contributed by atoms with E-state index in [-0.39, 0.29) is 12.2 Å². The summed E-state index contributed by atoms with van der Waals surface area (Å²) < 4.78 is 55.8. The van der Waals surface area contributed by atoms with Crippen LogP contribution in [0.15, 0.2) is 24.3 Å². The quantitative estimate of drug-likeness (QED) is 0.462. The van der Waals surface area contributed by atoms with Crippen molar-refractivity contribution < 1.29 is 32.0 Å². The van der Waals surface area contributed by atoms with Crippen LogP contribution in [0.2, 0.25) is 0 Å². The Hall–Kier alpha value is -1.80. The first-order valence-corrected chi connectivity index (χ1v) is 8.29. The zero-order chi connectivity index (χ0) is 19.8. The molecule has 1 saturated heterocycles. The maximum absolute atomic E-state index is 13.1. The molecule has 0 radical (unpaired) electrons. The molecule has 0 bridgehead atoms. The van der Waals surface area contributed by atoms with Crippen molar-refractivity contribution in [2.75, 3.05) is 6.61 Å². The Bertz CT molecular complexity index is 695. The van der Waals surface area contributed by atoms with Crippen LogP contribution in [0.3, 0.4) is 0 Å². The molecule has 1 fully saturated rings. The van der Waals surface area contributed by atoms with Gasteiger partial charge in [0.15, 0.2) is 0 Å². The van der Waals surface area contributed by atoms with Gasteiger partial charge in [-0.05, 0) is 57.8 Å². The maximum Gasteiger partial charge on any atom is 0.495 e. The van der Waals surface area contributed by atoms with E-state index in [4.69, 9.17) is 14.0 Å².